The van der Waals surface area contributed by atoms with Crippen molar-refractivity contribution in [2.75, 3.05) is 0 Å². The summed E-state index contributed by atoms with van der Waals surface area (Å²) in [6.45, 7) is 0. The highest BCUT2D eigenvalue weighted by Crippen LogP contribution is 2.38. The summed E-state index contributed by atoms with van der Waals surface area (Å²) in [6.07, 6.45) is 10.2. The average Bonchev–Trinajstić information content (AvgIpc) is 3.35. The minimum Gasteiger partial charge on any atom is -0.472 e. The summed E-state index contributed by atoms with van der Waals surface area (Å²) >= 11 is 0. The zero-order valence-electron chi connectivity index (χ0n) is 19.6. The van der Waals surface area contributed by atoms with Crippen molar-refractivity contribution >= 4 is 10.9 Å². The van der Waals surface area contributed by atoms with Gasteiger partial charge in [-0.1, -0.05) is 67.5 Å². The molecule has 0 saturated heterocycles. The van der Waals surface area contributed by atoms with Gasteiger partial charge in [-0.15, -0.1) is 0 Å². The van der Waals surface area contributed by atoms with Crippen LogP contribution in [0.1, 0.15) is 57.8 Å². The second-order valence-corrected chi connectivity index (χ2v) is 11.5. The molecule has 0 radical (unpaired) electrons. The Kier molecular flexibility index (Phi) is 7.26. The van der Waals surface area contributed by atoms with Crippen LogP contribution in [0.25, 0.3) is 0 Å². The number of ether oxygens (including phenoxy) is 1. The smallest absolute Gasteiger partial charge is 0.170 e. The maximum Gasteiger partial charge on any atom is 0.170 e. The number of hydrogen-bond donors (Lipinski definition) is 0. The van der Waals surface area contributed by atoms with E-state index in [1.165, 1.54) is 41.9 Å². The second kappa shape index (κ2) is 10.7. The molecule has 174 valence electrons. The quantitative estimate of drug-likeness (QED) is 0.269. The number of halogens is 1. The van der Waals surface area contributed by atoms with E-state index in [2.05, 4.69) is 36.1 Å². The molecule has 1 nitrogen and oxygen atoms in total. The molecule has 3 aromatic carbocycles. The molecule has 0 heterocycles. The van der Waals surface area contributed by atoms with Crippen LogP contribution in [-0.4, -0.2) is 5.60 Å². The van der Waals surface area contributed by atoms with Crippen LogP contribution >= 0.6 is 0 Å². The molecule has 3 heteroatoms. The fourth-order valence-electron chi connectivity index (χ4n) is 5.10. The fraction of sp³-hybridized carbons (Fsp3) is 0.355. The van der Waals surface area contributed by atoms with Crippen molar-refractivity contribution in [2.24, 2.45) is 5.92 Å². The molecule has 0 spiro atoms. The van der Waals surface area contributed by atoms with Crippen LogP contribution in [0.4, 0.5) is 4.39 Å². The molecule has 2 saturated carbocycles. The Labute approximate surface area is 206 Å². The molecule has 0 bridgehead atoms. The molecule has 0 N–H and O–H groups in total. The lowest BCUT2D eigenvalue weighted by Gasteiger charge is -2.26. The van der Waals surface area contributed by atoms with E-state index in [1.807, 2.05) is 48.5 Å². The topological polar surface area (TPSA) is 9.23 Å². The Bertz CT molecular complexity index is 1100. The van der Waals surface area contributed by atoms with E-state index in [0.717, 1.165) is 30.6 Å². The second-order valence-electron chi connectivity index (χ2n) is 9.43. The molecule has 0 unspecified atom stereocenters. The van der Waals surface area contributed by atoms with Gasteiger partial charge in [0.1, 0.15) is 0 Å². The van der Waals surface area contributed by atoms with E-state index in [9.17, 15) is 0 Å². The van der Waals surface area contributed by atoms with Gasteiger partial charge in [-0.25, -0.2) is 4.39 Å². The van der Waals surface area contributed by atoms with E-state index in [4.69, 9.17) is 4.74 Å². The van der Waals surface area contributed by atoms with E-state index < -0.39 is 5.60 Å². The van der Waals surface area contributed by atoms with E-state index >= 15 is 4.39 Å². The van der Waals surface area contributed by atoms with Crippen LogP contribution < -0.4 is 4.74 Å². The minimum absolute atomic E-state index is 0.299. The van der Waals surface area contributed by atoms with Gasteiger partial charge < -0.3 is 4.74 Å². The molecule has 34 heavy (non-hydrogen) atoms. The third-order valence-corrected chi connectivity index (χ3v) is 9.14. The standard InChI is InChI=1S/C31H32FOS/c32-29-24-28(34(26-14-6-2-7-15-26)27-16-8-3-9-17-27)18-19-30(29)33-31(21-10-11-22-31)23-20-25-12-4-1-5-13-25/h2-3,6-9,14-19,24-25H,1,4-5,10-13,21-22H2/q+1. The Hall–Kier alpha value is -2.70. The monoisotopic (exact) mass is 471 g/mol. The summed E-state index contributed by atoms with van der Waals surface area (Å²) in [6, 6.07) is 26.2. The summed E-state index contributed by atoms with van der Waals surface area (Å²) in [5.41, 5.74) is -0.541. The molecule has 0 atom stereocenters. The van der Waals surface area contributed by atoms with Crippen molar-refractivity contribution in [2.45, 2.75) is 78.1 Å². The van der Waals surface area contributed by atoms with Crippen LogP contribution in [0.3, 0.4) is 0 Å². The summed E-state index contributed by atoms with van der Waals surface area (Å²) in [5, 5.41) is 0. The van der Waals surface area contributed by atoms with Crippen molar-refractivity contribution < 1.29 is 9.13 Å². The molecule has 3 aromatic rings. The van der Waals surface area contributed by atoms with Crippen molar-refractivity contribution in [3.8, 4) is 17.6 Å². The first-order valence-electron chi connectivity index (χ1n) is 12.6. The zero-order valence-corrected chi connectivity index (χ0v) is 20.5. The molecule has 2 fully saturated rings. The van der Waals surface area contributed by atoms with Crippen LogP contribution in [0, 0.1) is 23.6 Å². The predicted molar refractivity (Wildman–Crippen MR) is 138 cm³/mol. The van der Waals surface area contributed by atoms with Gasteiger partial charge in [-0.2, -0.15) is 0 Å². The van der Waals surface area contributed by atoms with Gasteiger partial charge in [0.15, 0.2) is 31.9 Å². The first-order chi connectivity index (χ1) is 16.7. The molecule has 0 aromatic heterocycles. The largest absolute Gasteiger partial charge is 0.472 e. The Balaban J connectivity index is 1.43. The van der Waals surface area contributed by atoms with Gasteiger partial charge in [0.25, 0.3) is 0 Å². The van der Waals surface area contributed by atoms with Gasteiger partial charge in [0.2, 0.25) is 0 Å². The lowest BCUT2D eigenvalue weighted by atomic mass is 9.89. The van der Waals surface area contributed by atoms with E-state index in [-0.39, 0.29) is 16.7 Å². The lowest BCUT2D eigenvalue weighted by Crippen LogP contribution is -2.31. The summed E-state index contributed by atoms with van der Waals surface area (Å²) in [5.74, 6) is 7.51. The van der Waals surface area contributed by atoms with Crippen LogP contribution in [-0.2, 0) is 10.9 Å². The Morgan fingerprint density at radius 2 is 1.35 bits per heavy atom. The van der Waals surface area contributed by atoms with E-state index in [0.29, 0.717) is 11.7 Å². The first-order valence-corrected chi connectivity index (χ1v) is 13.8. The maximum absolute atomic E-state index is 15.5. The van der Waals surface area contributed by atoms with Crippen molar-refractivity contribution in [1.82, 2.24) is 0 Å². The van der Waals surface area contributed by atoms with Crippen molar-refractivity contribution in [3.63, 3.8) is 0 Å². The first kappa shape index (κ1) is 23.1. The van der Waals surface area contributed by atoms with Gasteiger partial charge >= 0.3 is 0 Å². The van der Waals surface area contributed by atoms with Gasteiger partial charge in [0.05, 0.1) is 10.9 Å². The SMILES string of the molecule is Fc1cc([S+](c2ccccc2)c2ccccc2)ccc1OC1(C#CC2CCCCC2)CCCC1. The predicted octanol–water partition coefficient (Wildman–Crippen LogP) is 8.20. The number of hydrogen-bond acceptors (Lipinski definition) is 1. The zero-order chi connectivity index (χ0) is 23.2. The van der Waals surface area contributed by atoms with Gasteiger partial charge in [-0.3, -0.25) is 0 Å². The molecular weight excluding hydrogens is 439 g/mol. The molecule has 2 aliphatic carbocycles. The lowest BCUT2D eigenvalue weighted by molar-refractivity contribution is 0.131. The van der Waals surface area contributed by atoms with Crippen LogP contribution in [0.15, 0.2) is 93.5 Å². The van der Waals surface area contributed by atoms with Gasteiger partial charge in [0, 0.05) is 12.0 Å². The highest BCUT2D eigenvalue weighted by molar-refractivity contribution is 7.97. The van der Waals surface area contributed by atoms with Gasteiger partial charge in [-0.05, 0) is 74.9 Å². The number of rotatable bonds is 5. The summed E-state index contributed by atoms with van der Waals surface area (Å²) < 4.78 is 21.9. The van der Waals surface area contributed by atoms with Crippen LogP contribution in [0.2, 0.25) is 0 Å². The molecule has 2 aliphatic rings. The highest BCUT2D eigenvalue weighted by atomic mass is 32.2. The molecule has 0 amide bonds. The number of benzene rings is 3. The minimum atomic E-state index is -0.541. The van der Waals surface area contributed by atoms with E-state index in [1.54, 1.807) is 6.07 Å². The third-order valence-electron chi connectivity index (χ3n) is 6.92. The fourth-order valence-corrected chi connectivity index (χ4v) is 7.20. The summed E-state index contributed by atoms with van der Waals surface area (Å²) in [7, 11) is -0.378. The molecular formula is C31H32FOS+. The molecule has 0 aliphatic heterocycles. The van der Waals surface area contributed by atoms with Crippen molar-refractivity contribution in [1.29, 1.82) is 0 Å². The Morgan fingerprint density at radius 3 is 1.94 bits per heavy atom. The average molecular weight is 472 g/mol. The van der Waals surface area contributed by atoms with Crippen LogP contribution in [0.5, 0.6) is 5.75 Å². The maximum atomic E-state index is 15.5. The molecule has 5 rings (SSSR count). The third kappa shape index (κ3) is 5.34. The Morgan fingerprint density at radius 1 is 0.735 bits per heavy atom. The highest BCUT2D eigenvalue weighted by Gasteiger charge is 2.36. The normalized spacial score (nSPS) is 17.8. The summed E-state index contributed by atoms with van der Waals surface area (Å²) in [4.78, 5) is 3.30. The van der Waals surface area contributed by atoms with Crippen molar-refractivity contribution in [3.05, 3.63) is 84.7 Å².